The molecule has 0 radical (unpaired) electrons. The first kappa shape index (κ1) is 16.0. The number of hydrogen-bond donors (Lipinski definition) is 1. The molecule has 1 atom stereocenters. The minimum atomic E-state index is -1.78. The van der Waals surface area contributed by atoms with Crippen LogP contribution in [0.2, 0.25) is 0 Å². The molecule has 0 bridgehead atoms. The fourth-order valence-electron chi connectivity index (χ4n) is 2.35. The van der Waals surface area contributed by atoms with E-state index in [-0.39, 0.29) is 0 Å². The van der Waals surface area contributed by atoms with Crippen molar-refractivity contribution in [3.05, 3.63) is 46.7 Å². The van der Waals surface area contributed by atoms with E-state index in [9.17, 15) is 9.90 Å². The lowest BCUT2D eigenvalue weighted by Crippen LogP contribution is -2.57. The van der Waals surface area contributed by atoms with Crippen LogP contribution in [0.3, 0.4) is 0 Å². The van der Waals surface area contributed by atoms with E-state index >= 15 is 0 Å². The number of aliphatic hydroxyl groups is 1. The van der Waals surface area contributed by atoms with Crippen LogP contribution in [-0.2, 0) is 9.67 Å². The third-order valence-electron chi connectivity index (χ3n) is 3.84. The molecule has 0 fully saturated rings. The maximum absolute atomic E-state index is 12.6. The second kappa shape index (κ2) is 4.81. The van der Waals surface area contributed by atoms with E-state index in [1.165, 1.54) is 0 Å². The van der Waals surface area contributed by atoms with Crippen LogP contribution < -0.4 is 0 Å². The highest BCUT2D eigenvalue weighted by Crippen LogP contribution is 2.62. The van der Waals surface area contributed by atoms with Crippen LogP contribution in [-0.4, -0.2) is 15.2 Å². The van der Waals surface area contributed by atoms with Gasteiger partial charge in [0.05, 0.1) is 0 Å². The zero-order valence-electron chi connectivity index (χ0n) is 10.8. The van der Waals surface area contributed by atoms with Gasteiger partial charge in [0.2, 0.25) is 5.78 Å². The van der Waals surface area contributed by atoms with E-state index in [2.05, 4.69) is 0 Å². The first-order chi connectivity index (χ1) is 9.08. The third-order valence-corrected chi connectivity index (χ3v) is 6.35. The number of ketones is 1. The van der Waals surface area contributed by atoms with E-state index < -0.39 is 31.2 Å². The highest BCUT2D eigenvalue weighted by atomic mass is 35.5. The van der Waals surface area contributed by atoms with E-state index in [4.69, 9.17) is 46.4 Å². The number of carbonyl (C=O) groups is 1. The largest absolute Gasteiger partial charge is 0.507 e. The fraction of sp³-hybridized carbons (Fsp3) is 0.357. The molecule has 2 rings (SSSR count). The summed E-state index contributed by atoms with van der Waals surface area (Å²) in [4.78, 5) is 11.0. The van der Waals surface area contributed by atoms with E-state index in [1.54, 1.807) is 44.2 Å². The predicted octanol–water partition coefficient (Wildman–Crippen LogP) is 4.91. The summed E-state index contributed by atoms with van der Waals surface area (Å²) in [6, 6.07) is 8.69. The molecule has 0 heterocycles. The lowest BCUT2D eigenvalue weighted by molar-refractivity contribution is -0.122. The van der Waals surface area contributed by atoms with Crippen LogP contribution in [0.15, 0.2) is 41.1 Å². The highest BCUT2D eigenvalue weighted by molar-refractivity contribution is 6.57. The van der Waals surface area contributed by atoms with Crippen LogP contribution in [0.25, 0.3) is 0 Å². The van der Waals surface area contributed by atoms with Crippen molar-refractivity contribution in [2.45, 2.75) is 23.1 Å². The zero-order valence-corrected chi connectivity index (χ0v) is 13.8. The SMILES string of the molecule is CC1(C)C(Cl)(Cl)C(O)=C(Cl)C(=O)C1(Cl)c1ccccc1. The molecule has 1 aliphatic carbocycles. The fourth-order valence-corrected chi connectivity index (χ4v) is 3.71. The van der Waals surface area contributed by atoms with Gasteiger partial charge in [0.15, 0.2) is 10.1 Å². The van der Waals surface area contributed by atoms with Gasteiger partial charge in [0.25, 0.3) is 0 Å². The summed E-state index contributed by atoms with van der Waals surface area (Å²) in [5.41, 5.74) is -0.668. The zero-order chi connectivity index (χ0) is 15.3. The molecule has 0 aromatic heterocycles. The molecule has 1 aromatic rings. The first-order valence-electron chi connectivity index (χ1n) is 5.84. The Morgan fingerprint density at radius 1 is 1.05 bits per heavy atom. The molecule has 0 amide bonds. The van der Waals surface area contributed by atoms with Gasteiger partial charge in [-0.2, -0.15) is 0 Å². The van der Waals surface area contributed by atoms with Crippen molar-refractivity contribution in [1.82, 2.24) is 0 Å². The molecule has 0 saturated heterocycles. The van der Waals surface area contributed by atoms with Crippen molar-refractivity contribution in [1.29, 1.82) is 0 Å². The van der Waals surface area contributed by atoms with Crippen LogP contribution in [0.4, 0.5) is 0 Å². The van der Waals surface area contributed by atoms with E-state index in [0.29, 0.717) is 5.56 Å². The number of allylic oxidation sites excluding steroid dienone is 2. The van der Waals surface area contributed by atoms with E-state index in [1.807, 2.05) is 0 Å². The van der Waals surface area contributed by atoms with Gasteiger partial charge in [-0.05, 0) is 5.56 Å². The van der Waals surface area contributed by atoms with E-state index in [0.717, 1.165) is 0 Å². The Morgan fingerprint density at radius 2 is 1.55 bits per heavy atom. The number of carbonyl (C=O) groups excluding carboxylic acids is 1. The second-order valence-corrected chi connectivity index (χ2v) is 7.49. The summed E-state index contributed by atoms with van der Waals surface area (Å²) in [5, 5.41) is 9.56. The summed E-state index contributed by atoms with van der Waals surface area (Å²) in [7, 11) is 0. The molecule has 0 spiro atoms. The molecule has 2 nitrogen and oxygen atoms in total. The number of halogens is 4. The second-order valence-electron chi connectivity index (χ2n) is 5.22. The van der Waals surface area contributed by atoms with Crippen molar-refractivity contribution in [3.63, 3.8) is 0 Å². The quantitative estimate of drug-likeness (QED) is 0.728. The molecular weight excluding hydrogens is 342 g/mol. The molecule has 20 heavy (non-hydrogen) atoms. The molecule has 0 saturated carbocycles. The van der Waals surface area contributed by atoms with Gasteiger partial charge in [-0.1, -0.05) is 79.0 Å². The van der Waals surface area contributed by atoms with Crippen LogP contribution >= 0.6 is 46.4 Å². The maximum atomic E-state index is 12.6. The first-order valence-corrected chi connectivity index (χ1v) is 7.36. The molecular formula is C14H12Cl4O2. The summed E-state index contributed by atoms with van der Waals surface area (Å²) < 4.78 is -1.78. The molecule has 108 valence electrons. The van der Waals surface area contributed by atoms with Gasteiger partial charge in [-0.15, -0.1) is 11.6 Å². The third kappa shape index (κ3) is 1.82. The van der Waals surface area contributed by atoms with Crippen molar-refractivity contribution in [2.75, 3.05) is 0 Å². The standard InChI is InChI=1S/C14H12Cl4O2/c1-12(2)13(16,8-6-4-3-5-7-8)10(19)9(15)11(20)14(12,17)18/h3-7,20H,1-2H3. The average Bonchev–Trinajstić information content (AvgIpc) is 2.43. The van der Waals surface area contributed by atoms with Gasteiger partial charge in [-0.25, -0.2) is 0 Å². The van der Waals surface area contributed by atoms with Crippen LogP contribution in [0.5, 0.6) is 0 Å². The van der Waals surface area contributed by atoms with Crippen molar-refractivity contribution in [2.24, 2.45) is 5.41 Å². The lowest BCUT2D eigenvalue weighted by atomic mass is 9.65. The summed E-state index contributed by atoms with van der Waals surface area (Å²) in [6.07, 6.45) is 0. The smallest absolute Gasteiger partial charge is 0.203 e. The maximum Gasteiger partial charge on any atom is 0.203 e. The Balaban J connectivity index is 2.80. The normalized spacial score (nSPS) is 28.6. The van der Waals surface area contributed by atoms with Gasteiger partial charge in [0.1, 0.15) is 9.91 Å². The van der Waals surface area contributed by atoms with Crippen molar-refractivity contribution < 1.29 is 9.90 Å². The molecule has 1 aromatic carbocycles. The molecule has 1 unspecified atom stereocenters. The van der Waals surface area contributed by atoms with Crippen LogP contribution in [0, 0.1) is 5.41 Å². The molecule has 0 aliphatic heterocycles. The summed E-state index contributed by atoms with van der Waals surface area (Å²) in [5.74, 6) is -1.18. The Bertz CT molecular complexity index is 592. The van der Waals surface area contributed by atoms with Gasteiger partial charge < -0.3 is 5.11 Å². The monoisotopic (exact) mass is 352 g/mol. The van der Waals surface area contributed by atoms with Gasteiger partial charge >= 0.3 is 0 Å². The molecule has 6 heteroatoms. The lowest BCUT2D eigenvalue weighted by Gasteiger charge is -2.50. The minimum absolute atomic E-state index is 0.437. The number of benzene rings is 1. The number of rotatable bonds is 1. The van der Waals surface area contributed by atoms with Crippen molar-refractivity contribution >= 4 is 52.2 Å². The predicted molar refractivity (Wildman–Crippen MR) is 82.7 cm³/mol. The van der Waals surface area contributed by atoms with Gasteiger partial charge in [0, 0.05) is 5.41 Å². The Hall–Kier alpha value is -0.410. The van der Waals surface area contributed by atoms with Crippen LogP contribution in [0.1, 0.15) is 19.4 Å². The number of Topliss-reactive ketones (excluding diaryl/α,β-unsaturated/α-hetero) is 1. The summed E-state index contributed by atoms with van der Waals surface area (Å²) >= 11 is 25.0. The molecule has 1 aliphatic rings. The summed E-state index contributed by atoms with van der Waals surface area (Å²) in [6.45, 7) is 3.23. The Morgan fingerprint density at radius 3 is 2.05 bits per heavy atom. The number of hydrogen-bond acceptors (Lipinski definition) is 2. The Kier molecular flexibility index (Phi) is 3.84. The number of alkyl halides is 3. The average molecular weight is 354 g/mol. The van der Waals surface area contributed by atoms with Gasteiger partial charge in [-0.3, -0.25) is 4.79 Å². The molecule has 1 N–H and O–H groups in total. The number of aliphatic hydroxyl groups excluding tert-OH is 1. The Labute approximate surface area is 137 Å². The highest BCUT2D eigenvalue weighted by Gasteiger charge is 2.66. The van der Waals surface area contributed by atoms with Crippen molar-refractivity contribution in [3.8, 4) is 0 Å². The minimum Gasteiger partial charge on any atom is -0.507 e. The topological polar surface area (TPSA) is 37.3 Å².